The second-order valence-electron chi connectivity index (χ2n) is 4.04. The van der Waals surface area contributed by atoms with E-state index in [4.69, 9.17) is 18.9 Å². The average molecular weight is 271 g/mol. The van der Waals surface area contributed by atoms with Crippen LogP contribution in [-0.2, 0) is 28.5 Å². The van der Waals surface area contributed by atoms with Crippen molar-refractivity contribution >= 4 is 11.9 Å². The van der Waals surface area contributed by atoms with Gasteiger partial charge in [0.15, 0.2) is 12.0 Å². The number of nitrogens with one attached hydrogen (secondary N) is 1. The van der Waals surface area contributed by atoms with Gasteiger partial charge in [-0.15, -0.1) is 0 Å². The fourth-order valence-corrected chi connectivity index (χ4v) is 2.06. The van der Waals surface area contributed by atoms with Crippen LogP contribution in [0.4, 0.5) is 0 Å². The van der Waals surface area contributed by atoms with Crippen LogP contribution >= 0.6 is 0 Å². The van der Waals surface area contributed by atoms with Gasteiger partial charge in [-0.2, -0.15) is 0 Å². The molecule has 2 rings (SSSR count). The van der Waals surface area contributed by atoms with Gasteiger partial charge in [0.05, 0.1) is 19.8 Å². The number of rotatable bonds is 6. The zero-order chi connectivity index (χ0) is 14.0. The van der Waals surface area contributed by atoms with Gasteiger partial charge in [0.2, 0.25) is 0 Å². The molecule has 3 unspecified atom stereocenters. The molecule has 0 saturated carbocycles. The lowest BCUT2D eigenvalue weighted by molar-refractivity contribution is -0.139. The van der Waals surface area contributed by atoms with Gasteiger partial charge in [-0.05, 0) is 13.8 Å². The number of carbonyl (C=O) groups excluding carboxylic acids is 2. The molecule has 3 atom stereocenters. The van der Waals surface area contributed by atoms with E-state index in [-0.39, 0.29) is 24.0 Å². The number of hydrogen-bond donors (Lipinski definition) is 1. The number of amides is 1. The molecular weight excluding hydrogens is 254 g/mol. The van der Waals surface area contributed by atoms with Crippen LogP contribution in [0.1, 0.15) is 13.8 Å². The van der Waals surface area contributed by atoms with E-state index in [1.807, 2.05) is 6.92 Å². The first-order valence-corrected chi connectivity index (χ1v) is 6.17. The Kier molecular flexibility index (Phi) is 4.06. The van der Waals surface area contributed by atoms with Gasteiger partial charge in [0.25, 0.3) is 5.91 Å². The van der Waals surface area contributed by atoms with E-state index in [1.54, 1.807) is 6.92 Å². The molecule has 106 valence electrons. The highest BCUT2D eigenvalue weighted by atomic mass is 16.8. The molecule has 0 aromatic heterocycles. The predicted octanol–water partition coefficient (Wildman–Crippen LogP) is -0.290. The van der Waals surface area contributed by atoms with Gasteiger partial charge in [0.1, 0.15) is 11.7 Å². The summed E-state index contributed by atoms with van der Waals surface area (Å²) in [5.41, 5.74) is 0.168. The van der Waals surface area contributed by atoms with Crippen LogP contribution in [0.5, 0.6) is 0 Å². The SMILES string of the molecule is CCOC(=O)C1=C(OC)C(=O)NC1C1OC1OCC. The number of methoxy groups -OCH3 is 1. The lowest BCUT2D eigenvalue weighted by Gasteiger charge is -2.11. The summed E-state index contributed by atoms with van der Waals surface area (Å²) in [6.45, 7) is 4.26. The molecule has 0 spiro atoms. The minimum atomic E-state index is -0.585. The standard InChI is InChI=1S/C12H17NO6/c1-4-17-11(15)6-7(9-12(19-9)18-5-2)13-10(14)8(6)16-3/h7,9,12H,4-5H2,1-3H3,(H,13,14). The second kappa shape index (κ2) is 5.58. The van der Waals surface area contributed by atoms with Gasteiger partial charge < -0.3 is 24.3 Å². The zero-order valence-electron chi connectivity index (χ0n) is 11.1. The van der Waals surface area contributed by atoms with E-state index in [2.05, 4.69) is 5.32 Å². The normalized spacial score (nSPS) is 29.2. The van der Waals surface area contributed by atoms with Crippen molar-refractivity contribution in [2.24, 2.45) is 0 Å². The molecule has 2 aliphatic heterocycles. The van der Waals surface area contributed by atoms with E-state index >= 15 is 0 Å². The molecule has 7 nitrogen and oxygen atoms in total. The third-order valence-electron chi connectivity index (χ3n) is 2.89. The van der Waals surface area contributed by atoms with Crippen molar-refractivity contribution in [3.63, 3.8) is 0 Å². The molecule has 0 aliphatic carbocycles. The molecule has 2 heterocycles. The fourth-order valence-electron chi connectivity index (χ4n) is 2.06. The monoisotopic (exact) mass is 271 g/mol. The van der Waals surface area contributed by atoms with Crippen LogP contribution in [0.15, 0.2) is 11.3 Å². The van der Waals surface area contributed by atoms with Crippen LogP contribution < -0.4 is 5.32 Å². The molecule has 1 N–H and O–H groups in total. The van der Waals surface area contributed by atoms with Crippen LogP contribution in [0.3, 0.4) is 0 Å². The van der Waals surface area contributed by atoms with E-state index in [0.717, 1.165) is 0 Å². The molecule has 1 amide bonds. The lowest BCUT2D eigenvalue weighted by Crippen LogP contribution is -2.37. The molecule has 0 bridgehead atoms. The Morgan fingerprint density at radius 3 is 2.68 bits per heavy atom. The summed E-state index contributed by atoms with van der Waals surface area (Å²) in [6, 6.07) is -0.585. The molecule has 7 heteroatoms. The van der Waals surface area contributed by atoms with Crippen LogP contribution in [-0.4, -0.2) is 50.6 Å². The van der Waals surface area contributed by atoms with Gasteiger partial charge in [0, 0.05) is 6.61 Å². The molecule has 2 aliphatic rings. The number of carbonyl (C=O) groups is 2. The molecule has 0 aromatic carbocycles. The largest absolute Gasteiger partial charge is 0.491 e. The summed E-state index contributed by atoms with van der Waals surface area (Å²) in [7, 11) is 1.34. The lowest BCUT2D eigenvalue weighted by atomic mass is 10.1. The number of esters is 1. The number of ether oxygens (including phenoxy) is 4. The van der Waals surface area contributed by atoms with Gasteiger partial charge in [-0.25, -0.2) is 4.79 Å². The van der Waals surface area contributed by atoms with E-state index in [1.165, 1.54) is 7.11 Å². The highest BCUT2D eigenvalue weighted by molar-refractivity contribution is 6.06. The Morgan fingerprint density at radius 2 is 2.11 bits per heavy atom. The summed E-state index contributed by atoms with van der Waals surface area (Å²) in [5.74, 6) is -1.04. The van der Waals surface area contributed by atoms with Crippen molar-refractivity contribution in [3.8, 4) is 0 Å². The third kappa shape index (κ3) is 2.57. The summed E-state index contributed by atoms with van der Waals surface area (Å²) in [4.78, 5) is 23.7. The fraction of sp³-hybridized carbons (Fsp3) is 0.667. The third-order valence-corrected chi connectivity index (χ3v) is 2.89. The molecule has 19 heavy (non-hydrogen) atoms. The Hall–Kier alpha value is -1.60. The van der Waals surface area contributed by atoms with E-state index < -0.39 is 24.2 Å². The Morgan fingerprint density at radius 1 is 1.37 bits per heavy atom. The van der Waals surface area contributed by atoms with Crippen molar-refractivity contribution in [2.45, 2.75) is 32.3 Å². The quantitative estimate of drug-likeness (QED) is 0.527. The minimum Gasteiger partial charge on any atom is -0.491 e. The first-order chi connectivity index (χ1) is 9.13. The molecule has 1 saturated heterocycles. The first-order valence-electron chi connectivity index (χ1n) is 6.17. The van der Waals surface area contributed by atoms with Gasteiger partial charge in [-0.3, -0.25) is 4.79 Å². The first kappa shape index (κ1) is 13.8. The van der Waals surface area contributed by atoms with E-state index in [0.29, 0.717) is 6.61 Å². The Bertz CT molecular complexity index is 418. The summed E-state index contributed by atoms with van der Waals surface area (Å²) >= 11 is 0. The highest BCUT2D eigenvalue weighted by Crippen LogP contribution is 2.34. The maximum atomic E-state index is 11.9. The van der Waals surface area contributed by atoms with E-state index in [9.17, 15) is 9.59 Å². The molecule has 0 aromatic rings. The Balaban J connectivity index is 2.18. The molecular formula is C12H17NO6. The summed E-state index contributed by atoms with van der Waals surface area (Å²) in [6.07, 6.45) is -0.785. The summed E-state index contributed by atoms with van der Waals surface area (Å²) < 4.78 is 20.5. The average Bonchev–Trinajstić information content (AvgIpc) is 3.05. The maximum Gasteiger partial charge on any atom is 0.340 e. The van der Waals surface area contributed by atoms with Crippen LogP contribution in [0, 0.1) is 0 Å². The van der Waals surface area contributed by atoms with Crippen molar-refractivity contribution in [1.29, 1.82) is 0 Å². The Labute approximate surface area is 110 Å². The zero-order valence-corrected chi connectivity index (χ0v) is 11.1. The van der Waals surface area contributed by atoms with Crippen LogP contribution in [0.2, 0.25) is 0 Å². The highest BCUT2D eigenvalue weighted by Gasteiger charge is 2.54. The van der Waals surface area contributed by atoms with Gasteiger partial charge in [-0.1, -0.05) is 0 Å². The van der Waals surface area contributed by atoms with Crippen molar-refractivity contribution < 1.29 is 28.5 Å². The number of hydrogen-bond acceptors (Lipinski definition) is 6. The predicted molar refractivity (Wildman–Crippen MR) is 62.9 cm³/mol. The number of epoxide rings is 1. The second-order valence-corrected chi connectivity index (χ2v) is 4.04. The molecule has 0 radical (unpaired) electrons. The molecule has 1 fully saturated rings. The van der Waals surface area contributed by atoms with Crippen molar-refractivity contribution in [3.05, 3.63) is 11.3 Å². The van der Waals surface area contributed by atoms with Gasteiger partial charge >= 0.3 is 5.97 Å². The smallest absolute Gasteiger partial charge is 0.340 e. The summed E-state index contributed by atoms with van der Waals surface area (Å²) in [5, 5.41) is 2.65. The minimum absolute atomic E-state index is 0.0193. The van der Waals surface area contributed by atoms with Crippen molar-refractivity contribution in [1.82, 2.24) is 5.32 Å². The van der Waals surface area contributed by atoms with Crippen LogP contribution in [0.25, 0.3) is 0 Å². The maximum absolute atomic E-state index is 11.9. The topological polar surface area (TPSA) is 86.4 Å². The van der Waals surface area contributed by atoms with Crippen molar-refractivity contribution in [2.75, 3.05) is 20.3 Å².